The minimum atomic E-state index is -2.06. The van der Waals surface area contributed by atoms with Crippen molar-refractivity contribution in [2.75, 3.05) is 49.3 Å². The number of aliphatic hydroxyl groups excluding tert-OH is 1. The Morgan fingerprint density at radius 3 is 1.44 bits per heavy atom. The first-order valence-electron chi connectivity index (χ1n) is 34.9. The third kappa shape index (κ3) is 27.3. The number of nitrogens with zero attached hydrogens (tertiary/aromatic N) is 4. The number of hydrogen-bond donors (Lipinski definition) is 21. The van der Waals surface area contributed by atoms with Gasteiger partial charge in [-0.25, -0.2) is 9.97 Å². The van der Waals surface area contributed by atoms with Gasteiger partial charge in [0.15, 0.2) is 0 Å². The highest BCUT2D eigenvalue weighted by Crippen LogP contribution is 2.27. The Labute approximate surface area is 649 Å². The topological polar surface area (TPSA) is 683 Å². The molecule has 6 rings (SSSR count). The number of carboxylic acids is 2. The quantitative estimate of drug-likeness (QED) is 0.0694. The number of rotatable bonds is 16. The van der Waals surface area contributed by atoms with E-state index in [0.717, 1.165) is 59.9 Å². The highest BCUT2D eigenvalue weighted by molar-refractivity contribution is 8.77. The second-order valence-corrected chi connectivity index (χ2v) is 31.5. The Bertz CT molecular complexity index is 3750. The van der Waals surface area contributed by atoms with Crippen LogP contribution in [0, 0.1) is 5.92 Å². The number of aliphatic carboxylic acids is 2. The van der Waals surface area contributed by atoms with Crippen LogP contribution in [0.15, 0.2) is 25.0 Å². The standard InChI is InChI=1S/C63H92N22O22S4/c1-27(2)48-61(105)76-34(16-47(91)92)53(97)77-35(13-30-18-67-25-69-30)62(106)85-12-6-8-43(85)60(104)74-32(9-10-46(89)90)52(96)71-28(3)50(94)80-38(49(66)93)21-108-110-24-41-58(102)79-37(20-86)55(99)78-36(14-31-19-68-26-70-31)63(107)84-11-5-7-42(84)59(103)72-29(4)51(95)81-40(57(101)75-33(15-44(65)87)54(98)83-48)23-111-109-22-39(56(100)82-41)73-45(88)17-64/h18-19,25-29,32-43,48,86H,5-17,20-24,64H2,1-4H3,(H2,65,87)(H2,66,93)(H,67,69)(H,68,70)(H,71,96)(H,72,103)(H,73,88)(H,74,104)(H,75,101)(H,76,105)(H,77,97)(H,78,99)(H,79,102)(H,80,94)(H,81,95)(H,82,100)(H,83,98)(H,89,90)(H,91,92)/t28-,29-,32-,33-,34-,35-,36-,37-,38-,39-,40-,41-,42-,43-,48-/m0/s1. The number of carbonyl (C=O) groups excluding carboxylic acids is 17. The van der Waals surface area contributed by atoms with Gasteiger partial charge in [0.1, 0.15) is 90.6 Å². The molecule has 0 aromatic carbocycles. The van der Waals surface area contributed by atoms with Gasteiger partial charge in [-0.1, -0.05) is 57.0 Å². The van der Waals surface area contributed by atoms with Gasteiger partial charge in [0, 0.05) is 79.1 Å². The van der Waals surface area contributed by atoms with Crippen molar-refractivity contribution in [1.29, 1.82) is 0 Å². The van der Waals surface area contributed by atoms with E-state index in [2.05, 4.69) is 89.1 Å². The van der Waals surface area contributed by atoms with E-state index in [1.54, 1.807) is 0 Å². The molecule has 24 N–H and O–H groups in total. The van der Waals surface area contributed by atoms with Crippen molar-refractivity contribution in [3.63, 3.8) is 0 Å². The van der Waals surface area contributed by atoms with Crippen LogP contribution in [0.4, 0.5) is 0 Å². The van der Waals surface area contributed by atoms with Gasteiger partial charge >= 0.3 is 11.9 Å². The molecular formula is C63H92N22O22S4. The first-order chi connectivity index (χ1) is 52.6. The Morgan fingerprint density at radius 2 is 0.955 bits per heavy atom. The minimum Gasteiger partial charge on any atom is -0.481 e. The van der Waals surface area contributed by atoms with Crippen molar-refractivity contribution < 1.29 is 106 Å². The lowest BCUT2D eigenvalue weighted by atomic mass is 10.0. The number of imidazole rings is 2. The monoisotopic (exact) mass is 1640 g/mol. The second kappa shape index (κ2) is 43.3. The number of H-pyrrole nitrogens is 2. The maximum Gasteiger partial charge on any atom is 0.305 e. The molecule has 0 unspecified atom stereocenters. The first kappa shape index (κ1) is 89.6. The van der Waals surface area contributed by atoms with Crippen LogP contribution in [0.3, 0.4) is 0 Å². The van der Waals surface area contributed by atoms with Crippen LogP contribution < -0.4 is 86.3 Å². The van der Waals surface area contributed by atoms with Gasteiger partial charge in [-0.3, -0.25) is 91.1 Å². The first-order valence-corrected chi connectivity index (χ1v) is 39.9. The van der Waals surface area contributed by atoms with Gasteiger partial charge in [-0.15, -0.1) is 0 Å². The maximum atomic E-state index is 14.8. The molecule has 0 saturated carbocycles. The summed E-state index contributed by atoms with van der Waals surface area (Å²) in [7, 11) is 3.06. The number of aromatic nitrogens is 4. The van der Waals surface area contributed by atoms with E-state index in [1.165, 1.54) is 45.8 Å². The van der Waals surface area contributed by atoms with Crippen LogP contribution >= 0.6 is 43.2 Å². The number of primary amides is 2. The van der Waals surface area contributed by atoms with Crippen LogP contribution in [0.5, 0.6) is 0 Å². The van der Waals surface area contributed by atoms with Crippen molar-refractivity contribution >= 4 is 156 Å². The molecule has 4 aliphatic rings. The highest BCUT2D eigenvalue weighted by atomic mass is 33.1. The molecule has 4 saturated heterocycles. The average molecular weight is 1640 g/mol. The summed E-state index contributed by atoms with van der Waals surface area (Å²) in [6, 6.07) is -25.4. The molecule has 48 heteroatoms. The molecule has 0 aliphatic carbocycles. The number of aromatic amines is 2. The molecule has 17 amide bonds. The summed E-state index contributed by atoms with van der Waals surface area (Å²) in [5.74, 6) is -24.7. The largest absolute Gasteiger partial charge is 0.481 e. The van der Waals surface area contributed by atoms with Gasteiger partial charge < -0.3 is 121 Å². The molecule has 0 spiro atoms. The summed E-state index contributed by atoms with van der Waals surface area (Å²) in [6.45, 7) is 3.12. The third-order valence-corrected chi connectivity index (χ3v) is 22.5. The summed E-state index contributed by atoms with van der Waals surface area (Å²) in [6.07, 6.45) is 1.21. The molecule has 2 bridgehead atoms. The number of nitrogens with two attached hydrogens (primary N) is 3. The molecule has 15 atom stereocenters. The highest BCUT2D eigenvalue weighted by Gasteiger charge is 2.44. The predicted octanol–water partition coefficient (Wildman–Crippen LogP) is -9.66. The van der Waals surface area contributed by atoms with Crippen molar-refractivity contribution in [3.05, 3.63) is 36.4 Å². The number of fused-ring (bicyclic) bond motifs is 10. The number of carbonyl (C=O) groups is 19. The summed E-state index contributed by atoms with van der Waals surface area (Å²) in [4.78, 5) is 281. The van der Waals surface area contributed by atoms with Crippen molar-refractivity contribution in [2.45, 2.75) is 183 Å². The fourth-order valence-electron chi connectivity index (χ4n) is 11.7. The number of hydrogen-bond acceptors (Lipinski definition) is 27. The lowest BCUT2D eigenvalue weighted by molar-refractivity contribution is -0.144. The van der Waals surface area contributed by atoms with E-state index in [9.17, 15) is 106 Å². The zero-order valence-electron chi connectivity index (χ0n) is 60.5. The molecule has 6 heterocycles. The number of nitrogens with one attached hydrogen (secondary N) is 15. The molecule has 2 aromatic rings. The van der Waals surface area contributed by atoms with E-state index in [1.807, 2.05) is 0 Å². The Morgan fingerprint density at radius 1 is 0.514 bits per heavy atom. The summed E-state index contributed by atoms with van der Waals surface area (Å²) >= 11 is 0. The fraction of sp³-hybridized carbons (Fsp3) is 0.603. The zero-order valence-corrected chi connectivity index (χ0v) is 63.8. The normalized spacial score (nSPS) is 28.0. The van der Waals surface area contributed by atoms with Crippen molar-refractivity contribution in [2.24, 2.45) is 23.1 Å². The molecular weight excluding hydrogens is 1550 g/mol. The van der Waals surface area contributed by atoms with Crippen LogP contribution in [0.2, 0.25) is 0 Å². The lowest BCUT2D eigenvalue weighted by Gasteiger charge is -2.31. The van der Waals surface area contributed by atoms with Crippen LogP contribution in [-0.2, 0) is 104 Å². The Kier molecular flexibility index (Phi) is 35.0. The number of amides is 17. The van der Waals surface area contributed by atoms with E-state index in [4.69, 9.17) is 17.2 Å². The zero-order chi connectivity index (χ0) is 81.9. The van der Waals surface area contributed by atoms with E-state index >= 15 is 0 Å². The Balaban J connectivity index is 1.44. The summed E-state index contributed by atoms with van der Waals surface area (Å²) < 4.78 is 0. The maximum absolute atomic E-state index is 14.8. The van der Waals surface area contributed by atoms with Gasteiger partial charge in [-0.2, -0.15) is 0 Å². The van der Waals surface area contributed by atoms with Crippen molar-refractivity contribution in [1.82, 2.24) is 98.9 Å². The molecule has 610 valence electrons. The SMILES string of the molecule is CC(C)[C@@H]1NC(=O)[C@H](CC(N)=O)NC(=O)[C@@H]2CSSC[C@H](NC(=O)CN)C(=O)N[C@@H](CSSC[C@@H](C(N)=O)NC(=O)[C@H](C)NC(=O)[C@H](CCC(=O)O)NC(=O)[C@@H]3CCCN3C(=O)[C@H](Cc3cnc[nH]3)NC(=O)[C@H](CC(=O)O)NC1=O)C(=O)N[C@@H](CO)C(=O)N[C@@H](Cc1cnc[nH]1)C(=O)N1CCC[C@H]1C(=O)N[C@@H](C)C(=O)N2. The van der Waals surface area contributed by atoms with Crippen LogP contribution in [-0.4, -0.2) is 297 Å². The van der Waals surface area contributed by atoms with E-state index in [-0.39, 0.29) is 56.6 Å². The van der Waals surface area contributed by atoms with Gasteiger partial charge in [-0.05, 0) is 51.9 Å². The predicted molar refractivity (Wildman–Crippen MR) is 393 cm³/mol. The Hall–Kier alpha value is -10.3. The molecule has 0 radical (unpaired) electrons. The third-order valence-electron chi connectivity index (χ3n) is 17.6. The molecule has 2 aromatic heterocycles. The summed E-state index contributed by atoms with van der Waals surface area (Å²) in [5, 5.41) is 61.8. The fourth-order valence-corrected chi connectivity index (χ4v) is 16.3. The van der Waals surface area contributed by atoms with Gasteiger partial charge in [0.25, 0.3) is 0 Å². The number of aliphatic hydroxyl groups is 1. The average Bonchev–Trinajstić information content (AvgIpc) is 1.61. The lowest BCUT2D eigenvalue weighted by Crippen LogP contribution is -2.62. The number of carboxylic acid groups (broad SMARTS) is 2. The second-order valence-electron chi connectivity index (χ2n) is 26.4. The molecule has 4 fully saturated rings. The minimum absolute atomic E-state index is 0.0236. The van der Waals surface area contributed by atoms with Gasteiger partial charge in [0.05, 0.1) is 38.6 Å². The smallest absolute Gasteiger partial charge is 0.305 e. The van der Waals surface area contributed by atoms with Crippen molar-refractivity contribution in [3.8, 4) is 0 Å². The van der Waals surface area contributed by atoms with Crippen LogP contribution in [0.25, 0.3) is 0 Å². The molecule has 111 heavy (non-hydrogen) atoms. The van der Waals surface area contributed by atoms with Crippen LogP contribution in [0.1, 0.15) is 90.4 Å². The molecule has 4 aliphatic heterocycles. The molecule has 44 nitrogen and oxygen atoms in total. The van der Waals surface area contributed by atoms with E-state index < -0.39 is 277 Å². The summed E-state index contributed by atoms with van der Waals surface area (Å²) in [5.41, 5.74) is 17.5. The van der Waals surface area contributed by atoms with E-state index in [0.29, 0.717) is 0 Å². The van der Waals surface area contributed by atoms with Gasteiger partial charge in [0.2, 0.25) is 100 Å².